The minimum atomic E-state index is -0.602. The molecule has 0 saturated carbocycles. The maximum absolute atomic E-state index is 12.6. The van der Waals surface area contributed by atoms with Crippen molar-refractivity contribution in [1.29, 1.82) is 0 Å². The first-order chi connectivity index (χ1) is 16.1. The van der Waals surface area contributed by atoms with Crippen LogP contribution in [0.4, 0.5) is 5.69 Å². The minimum Gasteiger partial charge on any atom is -0.506 e. The molecule has 0 spiro atoms. The normalized spacial score (nSPS) is 16.1. The number of ether oxygens (including phenoxy) is 1. The Kier molecular flexibility index (Phi) is 7.42. The molecule has 7 heteroatoms. The number of aliphatic hydroxyl groups is 1. The number of rotatable bonds is 7. The molecule has 4 rings (SSSR count). The van der Waals surface area contributed by atoms with Gasteiger partial charge in [0.2, 0.25) is 0 Å². The van der Waals surface area contributed by atoms with E-state index in [1.54, 1.807) is 13.0 Å². The van der Waals surface area contributed by atoms with Gasteiger partial charge in [0.1, 0.15) is 22.1 Å². The van der Waals surface area contributed by atoms with E-state index >= 15 is 0 Å². The summed E-state index contributed by atoms with van der Waals surface area (Å²) in [5.41, 5.74) is 1.97. The van der Waals surface area contributed by atoms with Crippen LogP contribution in [0.1, 0.15) is 25.2 Å². The first-order valence-corrected chi connectivity index (χ1v) is 12.2. The number of hydrogen-bond donors (Lipinski definition) is 1. The SMILES string of the molecule is CCOC(=O)C1=C(O)/C(=C/c2ccc(Sc3ccccc3)o2)SC1=Nc1ccc(CC)cc1. The van der Waals surface area contributed by atoms with Crippen LogP contribution in [0.25, 0.3) is 6.08 Å². The van der Waals surface area contributed by atoms with E-state index in [1.807, 2.05) is 66.7 Å². The Morgan fingerprint density at radius 3 is 2.55 bits per heavy atom. The Labute approximate surface area is 201 Å². The molecular formula is C26H23NO4S2. The van der Waals surface area contributed by atoms with Gasteiger partial charge in [0.25, 0.3) is 0 Å². The van der Waals surface area contributed by atoms with Gasteiger partial charge < -0.3 is 14.3 Å². The second-order valence-electron chi connectivity index (χ2n) is 7.06. The second kappa shape index (κ2) is 10.6. The van der Waals surface area contributed by atoms with Crippen LogP contribution in [0.15, 0.2) is 102 Å². The zero-order chi connectivity index (χ0) is 23.2. The Morgan fingerprint density at radius 1 is 1.09 bits per heavy atom. The smallest absolute Gasteiger partial charge is 0.344 e. The molecule has 0 radical (unpaired) electrons. The molecule has 2 aromatic carbocycles. The number of esters is 1. The van der Waals surface area contributed by atoms with Crippen molar-refractivity contribution in [3.63, 3.8) is 0 Å². The van der Waals surface area contributed by atoms with Crippen LogP contribution in [-0.4, -0.2) is 22.7 Å². The van der Waals surface area contributed by atoms with Crippen molar-refractivity contribution in [2.45, 2.75) is 30.3 Å². The summed E-state index contributed by atoms with van der Waals surface area (Å²) < 4.78 is 11.1. The van der Waals surface area contributed by atoms with Gasteiger partial charge in [0, 0.05) is 4.90 Å². The van der Waals surface area contributed by atoms with Gasteiger partial charge in [-0.05, 0) is 61.4 Å². The number of furan rings is 1. The van der Waals surface area contributed by atoms with E-state index in [4.69, 9.17) is 9.15 Å². The van der Waals surface area contributed by atoms with E-state index in [2.05, 4.69) is 11.9 Å². The van der Waals surface area contributed by atoms with Crippen LogP contribution >= 0.6 is 23.5 Å². The molecule has 2 heterocycles. The predicted molar refractivity (Wildman–Crippen MR) is 134 cm³/mol. The van der Waals surface area contributed by atoms with Crippen molar-refractivity contribution < 1.29 is 19.1 Å². The van der Waals surface area contributed by atoms with Crippen molar-refractivity contribution in [2.24, 2.45) is 4.99 Å². The zero-order valence-corrected chi connectivity index (χ0v) is 19.9. The first-order valence-electron chi connectivity index (χ1n) is 10.6. The van der Waals surface area contributed by atoms with Crippen molar-refractivity contribution in [3.05, 3.63) is 94.3 Å². The third-order valence-electron chi connectivity index (χ3n) is 4.78. The van der Waals surface area contributed by atoms with Crippen molar-refractivity contribution in [3.8, 4) is 0 Å². The average Bonchev–Trinajstić information content (AvgIpc) is 3.39. The van der Waals surface area contributed by atoms with E-state index in [1.165, 1.54) is 29.1 Å². The lowest BCUT2D eigenvalue weighted by Crippen LogP contribution is -2.12. The van der Waals surface area contributed by atoms with E-state index in [0.717, 1.165) is 16.4 Å². The summed E-state index contributed by atoms with van der Waals surface area (Å²) >= 11 is 2.72. The molecule has 1 aliphatic rings. The third kappa shape index (κ3) is 5.61. The van der Waals surface area contributed by atoms with Crippen LogP contribution < -0.4 is 0 Å². The molecular weight excluding hydrogens is 454 g/mol. The number of aliphatic imine (C=N–C) groups is 1. The molecule has 1 aromatic heterocycles. The summed E-state index contributed by atoms with van der Waals surface area (Å²) in [5.74, 6) is -0.190. The molecule has 33 heavy (non-hydrogen) atoms. The van der Waals surface area contributed by atoms with Crippen LogP contribution in [0, 0.1) is 0 Å². The molecule has 1 aliphatic heterocycles. The average molecular weight is 478 g/mol. The molecule has 168 valence electrons. The Bertz CT molecular complexity index is 1220. The van der Waals surface area contributed by atoms with Crippen LogP contribution in [0.2, 0.25) is 0 Å². The molecule has 0 saturated heterocycles. The Balaban J connectivity index is 1.62. The highest BCUT2D eigenvalue weighted by atomic mass is 32.2. The number of aliphatic hydroxyl groups excluding tert-OH is 1. The number of carbonyl (C=O) groups excluding carboxylic acids is 1. The third-order valence-corrected chi connectivity index (χ3v) is 6.73. The van der Waals surface area contributed by atoms with E-state index in [-0.39, 0.29) is 17.9 Å². The van der Waals surface area contributed by atoms with Crippen LogP contribution in [0.3, 0.4) is 0 Å². The number of benzene rings is 2. The van der Waals surface area contributed by atoms with Gasteiger partial charge in [0.15, 0.2) is 5.09 Å². The number of hydrogen-bond acceptors (Lipinski definition) is 7. The fraction of sp³-hybridized carbons (Fsp3) is 0.154. The molecule has 0 aliphatic carbocycles. The van der Waals surface area contributed by atoms with Crippen molar-refractivity contribution >= 4 is 46.3 Å². The maximum Gasteiger partial charge on any atom is 0.344 e. The standard InChI is InChI=1S/C26H23NO4S2/c1-3-17-10-12-18(13-11-17)27-25-23(26(29)30-4-2)24(28)21(33-25)16-19-14-15-22(31-19)32-20-8-6-5-7-9-20/h5-16,28H,3-4H2,1-2H3/b21-16-,27-25?. The molecule has 1 N–H and O–H groups in total. The lowest BCUT2D eigenvalue weighted by atomic mass is 10.1. The topological polar surface area (TPSA) is 72.0 Å². The number of thioether (sulfide) groups is 1. The van der Waals surface area contributed by atoms with Gasteiger partial charge in [-0.1, -0.05) is 60.8 Å². The molecule has 0 amide bonds. The lowest BCUT2D eigenvalue weighted by Gasteiger charge is -2.04. The summed E-state index contributed by atoms with van der Waals surface area (Å²) in [4.78, 5) is 18.7. The van der Waals surface area contributed by atoms with Crippen molar-refractivity contribution in [2.75, 3.05) is 6.61 Å². The monoisotopic (exact) mass is 477 g/mol. The van der Waals surface area contributed by atoms with Crippen molar-refractivity contribution in [1.82, 2.24) is 0 Å². The second-order valence-corrected chi connectivity index (χ2v) is 9.17. The summed E-state index contributed by atoms with van der Waals surface area (Å²) in [5, 5.41) is 12.0. The van der Waals surface area contributed by atoms with Gasteiger partial charge >= 0.3 is 5.97 Å². The largest absolute Gasteiger partial charge is 0.506 e. The molecule has 3 aromatic rings. The summed E-state index contributed by atoms with van der Waals surface area (Å²) in [7, 11) is 0. The summed E-state index contributed by atoms with van der Waals surface area (Å²) in [6.45, 7) is 4.02. The molecule has 0 bridgehead atoms. The lowest BCUT2D eigenvalue weighted by molar-refractivity contribution is -0.138. The van der Waals surface area contributed by atoms with Crippen LogP contribution in [0.5, 0.6) is 0 Å². The zero-order valence-electron chi connectivity index (χ0n) is 18.3. The highest BCUT2D eigenvalue weighted by Crippen LogP contribution is 2.41. The number of aryl methyl sites for hydroxylation is 1. The van der Waals surface area contributed by atoms with Crippen LogP contribution in [-0.2, 0) is 16.0 Å². The summed E-state index contributed by atoms with van der Waals surface area (Å²) in [6, 6.07) is 21.4. The minimum absolute atomic E-state index is 0.0677. The molecule has 0 unspecified atom stereocenters. The van der Waals surface area contributed by atoms with Gasteiger partial charge in [-0.15, -0.1) is 0 Å². The highest BCUT2D eigenvalue weighted by Gasteiger charge is 2.33. The fourth-order valence-electron chi connectivity index (χ4n) is 3.12. The van der Waals surface area contributed by atoms with Gasteiger partial charge in [0.05, 0.1) is 17.2 Å². The van der Waals surface area contributed by atoms with E-state index in [0.29, 0.717) is 21.4 Å². The Morgan fingerprint density at radius 2 is 1.85 bits per heavy atom. The highest BCUT2D eigenvalue weighted by molar-refractivity contribution is 8.18. The number of carbonyl (C=O) groups is 1. The maximum atomic E-state index is 12.6. The molecule has 0 atom stereocenters. The quantitative estimate of drug-likeness (QED) is 0.363. The van der Waals surface area contributed by atoms with Gasteiger partial charge in [-0.3, -0.25) is 0 Å². The molecule has 5 nitrogen and oxygen atoms in total. The fourth-order valence-corrected chi connectivity index (χ4v) is 4.93. The van der Waals surface area contributed by atoms with E-state index in [9.17, 15) is 9.90 Å². The van der Waals surface area contributed by atoms with E-state index < -0.39 is 5.97 Å². The predicted octanol–water partition coefficient (Wildman–Crippen LogP) is 7.19. The Hall–Kier alpha value is -3.16. The van der Waals surface area contributed by atoms with Gasteiger partial charge in [-0.2, -0.15) is 0 Å². The number of nitrogens with zero attached hydrogens (tertiary/aromatic N) is 1. The molecule has 0 fully saturated rings. The van der Waals surface area contributed by atoms with Gasteiger partial charge in [-0.25, -0.2) is 9.79 Å². The first kappa shape index (κ1) is 23.0. The summed E-state index contributed by atoms with van der Waals surface area (Å²) in [6.07, 6.45) is 2.64.